The molecule has 0 spiro atoms. The maximum atomic E-state index is 12.2. The van der Waals surface area contributed by atoms with E-state index in [-0.39, 0.29) is 28.5 Å². The Balaban J connectivity index is 3.20. The second-order valence-electron chi connectivity index (χ2n) is 3.31. The third kappa shape index (κ3) is 3.96. The third-order valence-corrected chi connectivity index (χ3v) is 2.34. The summed E-state index contributed by atoms with van der Waals surface area (Å²) in [6, 6.07) is 3.94. The summed E-state index contributed by atoms with van der Waals surface area (Å²) in [5.41, 5.74) is 0.0349. The summed E-state index contributed by atoms with van der Waals surface area (Å²) >= 11 is 5.72. The highest BCUT2D eigenvalue weighted by atomic mass is 35.5. The monoisotopic (exact) mass is 277 g/mol. The van der Waals surface area contributed by atoms with Gasteiger partial charge in [-0.05, 0) is 18.2 Å². The van der Waals surface area contributed by atoms with Crippen molar-refractivity contribution in [2.75, 3.05) is 0 Å². The molecule has 0 unspecified atom stereocenters. The van der Waals surface area contributed by atoms with Gasteiger partial charge in [0.1, 0.15) is 5.75 Å². The quantitative estimate of drug-likeness (QED) is 0.604. The molecule has 0 N–H and O–H groups in total. The van der Waals surface area contributed by atoms with E-state index in [0.29, 0.717) is 0 Å². The van der Waals surface area contributed by atoms with Crippen LogP contribution in [0.4, 0.5) is 8.78 Å². The molecule has 0 aliphatic heterocycles. The highest BCUT2D eigenvalue weighted by Gasteiger charge is 2.13. The zero-order valence-electron chi connectivity index (χ0n) is 9.40. The molecule has 0 saturated heterocycles. The van der Waals surface area contributed by atoms with E-state index in [4.69, 9.17) is 11.6 Å². The van der Waals surface area contributed by atoms with Crippen LogP contribution in [0.5, 0.6) is 5.75 Å². The van der Waals surface area contributed by atoms with Crippen LogP contribution >= 0.6 is 11.6 Å². The molecule has 0 saturated carbocycles. The minimum Gasteiger partial charge on any atom is -0.434 e. The zero-order chi connectivity index (χ0) is 13.7. The maximum Gasteiger partial charge on any atom is 0.387 e. The molecule has 0 fully saturated rings. The first-order valence-corrected chi connectivity index (χ1v) is 5.41. The average molecular weight is 278 g/mol. The van der Waals surface area contributed by atoms with Crippen LogP contribution in [-0.2, 0) is 0 Å². The Kier molecular flexibility index (Phi) is 5.03. The van der Waals surface area contributed by atoms with Crippen LogP contribution in [0, 0.1) is 10.1 Å². The maximum absolute atomic E-state index is 12.2. The van der Waals surface area contributed by atoms with E-state index < -0.39 is 11.5 Å². The van der Waals surface area contributed by atoms with E-state index in [0.717, 1.165) is 0 Å². The van der Waals surface area contributed by atoms with E-state index in [1.54, 1.807) is 6.92 Å². The molecule has 0 aliphatic carbocycles. The minimum atomic E-state index is -3.00. The summed E-state index contributed by atoms with van der Waals surface area (Å²) in [5.74, 6) is -0.151. The lowest BCUT2D eigenvalue weighted by molar-refractivity contribution is -0.425. The van der Waals surface area contributed by atoms with E-state index in [1.165, 1.54) is 24.3 Å². The van der Waals surface area contributed by atoms with Gasteiger partial charge in [-0.3, -0.25) is 10.1 Å². The number of halogens is 3. The third-order valence-electron chi connectivity index (χ3n) is 2.11. The standard InChI is InChI=1S/C11H10ClF2NO3/c1-2-9(15(16)17)6-7-5-8(12)3-4-10(7)18-11(13)14/h3-6,11H,2H2,1H3/b9-6+. The summed E-state index contributed by atoms with van der Waals surface area (Å²) in [6.07, 6.45) is 1.33. The molecule has 98 valence electrons. The van der Waals surface area contributed by atoms with Crippen LogP contribution in [0.3, 0.4) is 0 Å². The Morgan fingerprint density at radius 2 is 2.28 bits per heavy atom. The molecule has 7 heteroatoms. The molecular formula is C11H10ClF2NO3. The largest absolute Gasteiger partial charge is 0.434 e. The summed E-state index contributed by atoms with van der Waals surface area (Å²) in [6.45, 7) is -1.41. The van der Waals surface area contributed by atoms with Gasteiger partial charge >= 0.3 is 6.61 Å². The van der Waals surface area contributed by atoms with Gasteiger partial charge in [-0.2, -0.15) is 8.78 Å². The van der Waals surface area contributed by atoms with Crippen molar-refractivity contribution in [3.8, 4) is 5.75 Å². The lowest BCUT2D eigenvalue weighted by Gasteiger charge is -2.08. The van der Waals surface area contributed by atoms with Gasteiger partial charge in [0.25, 0.3) is 0 Å². The van der Waals surface area contributed by atoms with Crippen molar-refractivity contribution in [3.05, 3.63) is 44.6 Å². The highest BCUT2D eigenvalue weighted by molar-refractivity contribution is 6.30. The fraction of sp³-hybridized carbons (Fsp3) is 0.273. The van der Waals surface area contributed by atoms with Crippen LogP contribution < -0.4 is 4.74 Å². The van der Waals surface area contributed by atoms with Crippen LogP contribution in [-0.4, -0.2) is 11.5 Å². The Bertz CT molecular complexity index is 477. The molecule has 0 radical (unpaired) electrons. The number of allylic oxidation sites excluding steroid dienone is 1. The second-order valence-corrected chi connectivity index (χ2v) is 3.74. The van der Waals surface area contributed by atoms with E-state index in [1.807, 2.05) is 0 Å². The Hall–Kier alpha value is -1.69. The molecule has 0 aliphatic rings. The van der Waals surface area contributed by atoms with E-state index >= 15 is 0 Å². The molecule has 0 amide bonds. The van der Waals surface area contributed by atoms with Crippen molar-refractivity contribution in [2.45, 2.75) is 20.0 Å². The average Bonchev–Trinajstić information content (AvgIpc) is 2.28. The zero-order valence-corrected chi connectivity index (χ0v) is 10.2. The second kappa shape index (κ2) is 6.30. The summed E-state index contributed by atoms with van der Waals surface area (Å²) < 4.78 is 28.6. The molecule has 1 aromatic carbocycles. The first-order chi connectivity index (χ1) is 8.43. The number of alkyl halides is 2. The van der Waals surface area contributed by atoms with Crippen LogP contribution in [0.2, 0.25) is 5.02 Å². The van der Waals surface area contributed by atoms with Crippen LogP contribution in [0.15, 0.2) is 23.9 Å². The molecule has 4 nitrogen and oxygen atoms in total. The minimum absolute atomic E-state index is 0.114. The van der Waals surface area contributed by atoms with Gasteiger partial charge in [0.15, 0.2) is 0 Å². The normalized spacial score (nSPS) is 11.7. The summed E-state index contributed by atoms with van der Waals surface area (Å²) in [4.78, 5) is 10.1. The van der Waals surface area contributed by atoms with Crippen molar-refractivity contribution in [2.24, 2.45) is 0 Å². The van der Waals surface area contributed by atoms with Gasteiger partial charge in [-0.25, -0.2) is 0 Å². The number of rotatable bonds is 5. The first kappa shape index (κ1) is 14.4. The van der Waals surface area contributed by atoms with Crippen molar-refractivity contribution >= 4 is 17.7 Å². The van der Waals surface area contributed by atoms with E-state index in [9.17, 15) is 18.9 Å². The molecule has 0 atom stereocenters. The molecule has 0 bridgehead atoms. The smallest absolute Gasteiger partial charge is 0.387 e. The molecule has 0 aromatic heterocycles. The molecular weight excluding hydrogens is 268 g/mol. The number of hydrogen-bond acceptors (Lipinski definition) is 3. The Morgan fingerprint density at radius 1 is 1.61 bits per heavy atom. The fourth-order valence-corrected chi connectivity index (χ4v) is 1.48. The lowest BCUT2D eigenvalue weighted by atomic mass is 10.1. The summed E-state index contributed by atoms with van der Waals surface area (Å²) in [5, 5.41) is 10.9. The van der Waals surface area contributed by atoms with Gasteiger partial charge in [0.05, 0.1) is 4.92 Å². The SMILES string of the molecule is CC/C(=C\c1cc(Cl)ccc1OC(F)F)[N+](=O)[O-]. The molecule has 1 aromatic rings. The number of ether oxygens (including phenoxy) is 1. The van der Waals surface area contributed by atoms with Gasteiger partial charge in [0, 0.05) is 23.1 Å². The van der Waals surface area contributed by atoms with Gasteiger partial charge in [-0.1, -0.05) is 18.5 Å². The van der Waals surface area contributed by atoms with E-state index in [2.05, 4.69) is 4.74 Å². The van der Waals surface area contributed by atoms with Crippen molar-refractivity contribution in [1.82, 2.24) is 0 Å². The topological polar surface area (TPSA) is 52.4 Å². The predicted octanol–water partition coefficient (Wildman–Crippen LogP) is 3.97. The lowest BCUT2D eigenvalue weighted by Crippen LogP contribution is -2.04. The van der Waals surface area contributed by atoms with Crippen molar-refractivity contribution in [3.63, 3.8) is 0 Å². The predicted molar refractivity (Wildman–Crippen MR) is 63.3 cm³/mol. The van der Waals surface area contributed by atoms with Gasteiger partial charge < -0.3 is 4.74 Å². The Morgan fingerprint density at radius 3 is 2.78 bits per heavy atom. The molecule has 1 rings (SSSR count). The van der Waals surface area contributed by atoms with Gasteiger partial charge in [0.2, 0.25) is 5.70 Å². The Labute approximate surface area is 107 Å². The first-order valence-electron chi connectivity index (χ1n) is 5.03. The number of nitro groups is 1. The molecule has 18 heavy (non-hydrogen) atoms. The van der Waals surface area contributed by atoms with Crippen molar-refractivity contribution < 1.29 is 18.4 Å². The number of hydrogen-bond donors (Lipinski definition) is 0. The van der Waals surface area contributed by atoms with Crippen LogP contribution in [0.25, 0.3) is 6.08 Å². The van der Waals surface area contributed by atoms with Gasteiger partial charge in [-0.15, -0.1) is 0 Å². The molecule has 0 heterocycles. The van der Waals surface area contributed by atoms with Crippen molar-refractivity contribution in [1.29, 1.82) is 0 Å². The highest BCUT2D eigenvalue weighted by Crippen LogP contribution is 2.27. The summed E-state index contributed by atoms with van der Waals surface area (Å²) in [7, 11) is 0. The fourth-order valence-electron chi connectivity index (χ4n) is 1.30. The number of benzene rings is 1. The number of nitrogens with zero attached hydrogens (tertiary/aromatic N) is 1. The van der Waals surface area contributed by atoms with Crippen LogP contribution in [0.1, 0.15) is 18.9 Å².